The Kier molecular flexibility index (Phi) is 6.24. The summed E-state index contributed by atoms with van der Waals surface area (Å²) in [6.45, 7) is 1.33. The minimum absolute atomic E-state index is 0.00664. The summed E-state index contributed by atoms with van der Waals surface area (Å²) in [5.41, 5.74) is 1.35. The Balaban J connectivity index is 2.22. The first-order chi connectivity index (χ1) is 11.1. The van der Waals surface area contributed by atoms with Crippen molar-refractivity contribution >= 4 is 62.9 Å². The molecule has 0 radical (unpaired) electrons. The molecule has 0 saturated heterocycles. The molecule has 0 spiro atoms. The molecule has 2 aromatic rings. The first kappa shape index (κ1) is 19.6. The van der Waals surface area contributed by atoms with Crippen LogP contribution in [0.1, 0.15) is 16.1 Å². The van der Waals surface area contributed by atoms with Crippen LogP contribution in [0.4, 0.5) is 5.69 Å². The predicted octanol–water partition coefficient (Wildman–Crippen LogP) is 3.69. The molecule has 0 aliphatic rings. The highest BCUT2D eigenvalue weighted by Crippen LogP contribution is 2.37. The second-order valence-electron chi connectivity index (χ2n) is 4.64. The van der Waals surface area contributed by atoms with Gasteiger partial charge in [0, 0.05) is 0 Å². The molecule has 8 nitrogen and oxygen atoms in total. The van der Waals surface area contributed by atoms with Crippen LogP contribution in [0.25, 0.3) is 0 Å². The van der Waals surface area contributed by atoms with Gasteiger partial charge in [0.25, 0.3) is 5.91 Å². The summed E-state index contributed by atoms with van der Waals surface area (Å²) in [7, 11) is -4.66. The number of nitrogens with zero attached hydrogens (tertiary/aromatic N) is 2. The van der Waals surface area contributed by atoms with E-state index in [1.54, 1.807) is 18.2 Å². The molecule has 0 fully saturated rings. The van der Waals surface area contributed by atoms with Gasteiger partial charge in [0.1, 0.15) is 4.60 Å². The molecule has 12 heteroatoms. The first-order valence-corrected chi connectivity index (χ1v) is 9.77. The molecule has 0 saturated carbocycles. The number of carbonyl (C=O) groups is 1. The summed E-state index contributed by atoms with van der Waals surface area (Å²) >= 11 is 12.4. The Hall–Kier alpha value is -0.740. The number of hydrogen-bond donors (Lipinski definition) is 3. The third-order valence-corrected chi connectivity index (χ3v) is 5.63. The summed E-state index contributed by atoms with van der Waals surface area (Å²) < 4.78 is 16.8. The van der Waals surface area contributed by atoms with Gasteiger partial charge in [-0.15, -0.1) is 0 Å². The van der Waals surface area contributed by atoms with Crippen molar-refractivity contribution in [3.8, 4) is 0 Å². The molecule has 0 aliphatic carbocycles. The SMILES string of the molecule is Cc1ccc(NC(=O)c2nn(COP(=O)(O)O)c(Br)c2Br)c(Cl)c1. The van der Waals surface area contributed by atoms with E-state index >= 15 is 0 Å². The van der Waals surface area contributed by atoms with E-state index < -0.39 is 20.5 Å². The van der Waals surface area contributed by atoms with Crippen molar-refractivity contribution in [2.75, 3.05) is 5.32 Å². The lowest BCUT2D eigenvalue weighted by Gasteiger charge is -2.07. The maximum Gasteiger partial charge on any atom is 0.471 e. The highest BCUT2D eigenvalue weighted by atomic mass is 79.9. The number of hydrogen-bond acceptors (Lipinski definition) is 4. The third-order valence-electron chi connectivity index (χ3n) is 2.77. The number of benzene rings is 1. The van der Waals surface area contributed by atoms with E-state index in [0.29, 0.717) is 15.2 Å². The lowest BCUT2D eigenvalue weighted by atomic mass is 10.2. The molecule has 3 N–H and O–H groups in total. The van der Waals surface area contributed by atoms with Gasteiger partial charge in [0.05, 0.1) is 15.2 Å². The average molecular weight is 503 g/mol. The molecule has 0 atom stereocenters. The molecule has 1 aromatic heterocycles. The second-order valence-corrected chi connectivity index (χ2v) is 7.83. The van der Waals surface area contributed by atoms with Crippen LogP contribution in [0.15, 0.2) is 27.3 Å². The Morgan fingerprint density at radius 3 is 2.71 bits per heavy atom. The number of nitrogens with one attached hydrogen (secondary N) is 1. The molecule has 0 unspecified atom stereocenters. The highest BCUT2D eigenvalue weighted by Gasteiger charge is 2.22. The van der Waals surface area contributed by atoms with E-state index in [0.717, 1.165) is 10.2 Å². The standard InChI is InChI=1S/C12H11Br2ClN3O5P/c1-6-2-3-8(7(15)4-6)16-12(19)10-9(13)11(14)18(17-10)5-23-24(20,21)22/h2-4H,5H2,1H3,(H,16,19)(H2,20,21,22). The number of carbonyl (C=O) groups excluding carboxylic acids is 1. The first-order valence-electron chi connectivity index (χ1n) is 6.28. The van der Waals surface area contributed by atoms with E-state index in [1.165, 1.54) is 0 Å². The molecule has 1 amide bonds. The zero-order valence-corrected chi connectivity index (χ0v) is 16.9. The Bertz CT molecular complexity index is 838. The van der Waals surface area contributed by atoms with Crippen molar-refractivity contribution in [1.29, 1.82) is 0 Å². The summed E-state index contributed by atoms with van der Waals surface area (Å²) in [6, 6.07) is 5.15. The minimum atomic E-state index is -4.66. The average Bonchev–Trinajstić information content (AvgIpc) is 2.75. The third kappa shape index (κ3) is 4.89. The number of amides is 1. The smallest absolute Gasteiger partial charge is 0.319 e. The van der Waals surface area contributed by atoms with Gasteiger partial charge in [0.15, 0.2) is 12.4 Å². The zero-order valence-electron chi connectivity index (χ0n) is 12.0. The van der Waals surface area contributed by atoms with Crippen LogP contribution in [-0.4, -0.2) is 25.5 Å². The predicted molar refractivity (Wildman–Crippen MR) is 94.9 cm³/mol. The lowest BCUT2D eigenvalue weighted by molar-refractivity contribution is 0.101. The number of halogens is 3. The van der Waals surface area contributed by atoms with Crippen LogP contribution in [0, 0.1) is 6.92 Å². The zero-order chi connectivity index (χ0) is 18.1. The number of rotatable bonds is 5. The molecule has 2 rings (SSSR count). The summed E-state index contributed by atoms with van der Waals surface area (Å²) in [4.78, 5) is 29.8. The van der Waals surface area contributed by atoms with Crippen LogP contribution < -0.4 is 5.32 Å². The highest BCUT2D eigenvalue weighted by molar-refractivity contribution is 9.13. The van der Waals surface area contributed by atoms with Crippen molar-refractivity contribution in [3.63, 3.8) is 0 Å². The maximum atomic E-state index is 12.3. The summed E-state index contributed by atoms with van der Waals surface area (Å²) in [5, 5.41) is 6.95. The van der Waals surface area contributed by atoms with Gasteiger partial charge in [-0.2, -0.15) is 5.10 Å². The van der Waals surface area contributed by atoms with Crippen LogP contribution in [0.5, 0.6) is 0 Å². The molecule has 24 heavy (non-hydrogen) atoms. The van der Waals surface area contributed by atoms with E-state index in [1.807, 2.05) is 6.92 Å². The second kappa shape index (κ2) is 7.65. The van der Waals surface area contributed by atoms with E-state index in [9.17, 15) is 9.36 Å². The summed E-state index contributed by atoms with van der Waals surface area (Å²) in [5.74, 6) is -0.553. The van der Waals surface area contributed by atoms with Gasteiger partial charge in [-0.3, -0.25) is 9.32 Å². The fraction of sp³-hybridized carbons (Fsp3) is 0.167. The van der Waals surface area contributed by atoms with Gasteiger partial charge >= 0.3 is 7.82 Å². The van der Waals surface area contributed by atoms with Crippen LogP contribution in [-0.2, 0) is 15.8 Å². The van der Waals surface area contributed by atoms with Gasteiger partial charge in [-0.1, -0.05) is 17.7 Å². The molecular weight excluding hydrogens is 492 g/mol. The van der Waals surface area contributed by atoms with Gasteiger partial charge in [-0.05, 0) is 56.5 Å². The molecule has 0 aliphatic heterocycles. The van der Waals surface area contributed by atoms with E-state index in [4.69, 9.17) is 21.4 Å². The van der Waals surface area contributed by atoms with Crippen LogP contribution in [0.2, 0.25) is 5.02 Å². The van der Waals surface area contributed by atoms with Crippen molar-refractivity contribution in [2.24, 2.45) is 0 Å². The van der Waals surface area contributed by atoms with E-state index in [-0.39, 0.29) is 10.3 Å². The number of anilines is 1. The Morgan fingerprint density at radius 2 is 2.12 bits per heavy atom. The van der Waals surface area contributed by atoms with Crippen LogP contribution >= 0.6 is 51.3 Å². The Labute approximate surface area is 158 Å². The van der Waals surface area contributed by atoms with Crippen molar-refractivity contribution < 1.29 is 23.7 Å². The molecule has 1 aromatic carbocycles. The van der Waals surface area contributed by atoms with Crippen molar-refractivity contribution in [1.82, 2.24) is 9.78 Å². The fourth-order valence-electron chi connectivity index (χ4n) is 1.68. The topological polar surface area (TPSA) is 114 Å². The maximum absolute atomic E-state index is 12.3. The van der Waals surface area contributed by atoms with Gasteiger partial charge in [-0.25, -0.2) is 9.25 Å². The van der Waals surface area contributed by atoms with Crippen molar-refractivity contribution in [3.05, 3.63) is 43.6 Å². The molecule has 130 valence electrons. The molecule has 0 bridgehead atoms. The molecule has 1 heterocycles. The number of aromatic nitrogens is 2. The number of phosphoric acid groups is 1. The fourth-order valence-corrected chi connectivity index (χ4v) is 3.06. The van der Waals surface area contributed by atoms with Crippen LogP contribution in [0.3, 0.4) is 0 Å². The van der Waals surface area contributed by atoms with Gasteiger partial charge < -0.3 is 15.1 Å². The lowest BCUT2D eigenvalue weighted by Crippen LogP contribution is -2.14. The van der Waals surface area contributed by atoms with Gasteiger partial charge in [0.2, 0.25) is 0 Å². The normalized spacial score (nSPS) is 11.6. The van der Waals surface area contributed by atoms with E-state index in [2.05, 4.69) is 46.8 Å². The Morgan fingerprint density at radius 1 is 1.46 bits per heavy atom. The monoisotopic (exact) mass is 501 g/mol. The number of aryl methyl sites for hydroxylation is 1. The van der Waals surface area contributed by atoms with Crippen molar-refractivity contribution in [2.45, 2.75) is 13.7 Å². The largest absolute Gasteiger partial charge is 0.471 e. The molecular formula is C12H11Br2ClN3O5P. The summed E-state index contributed by atoms with van der Waals surface area (Å²) in [6.07, 6.45) is 0. The minimum Gasteiger partial charge on any atom is -0.319 e. The number of phosphoric ester groups is 1. The quantitative estimate of drug-likeness (QED) is 0.537.